The lowest BCUT2D eigenvalue weighted by atomic mass is 10.2. The van der Waals surface area contributed by atoms with Crippen LogP contribution in [0.15, 0.2) is 22.9 Å². The van der Waals surface area contributed by atoms with Gasteiger partial charge in [-0.25, -0.2) is 14.5 Å². The zero-order valence-corrected chi connectivity index (χ0v) is 12.1. The number of nitro groups is 1. The molecule has 0 saturated heterocycles. The SMILES string of the molecule is COC(=O)c1ncn(-c2cc(C)c([N+](=O)[O-])cc2Br)n1. The Bertz CT molecular complexity index is 698. The van der Waals surface area contributed by atoms with Crippen molar-refractivity contribution in [1.29, 1.82) is 0 Å². The van der Waals surface area contributed by atoms with Crippen LogP contribution >= 0.6 is 15.9 Å². The van der Waals surface area contributed by atoms with E-state index in [1.165, 1.54) is 24.2 Å². The summed E-state index contributed by atoms with van der Waals surface area (Å²) in [5.41, 5.74) is 1.01. The van der Waals surface area contributed by atoms with Crippen molar-refractivity contribution in [3.63, 3.8) is 0 Å². The summed E-state index contributed by atoms with van der Waals surface area (Å²) in [5, 5.41) is 14.8. The summed E-state index contributed by atoms with van der Waals surface area (Å²) in [6, 6.07) is 2.96. The number of rotatable bonds is 3. The maximum absolute atomic E-state index is 11.3. The number of nitro benzene ring substituents is 1. The van der Waals surface area contributed by atoms with Crippen LogP contribution in [-0.4, -0.2) is 32.8 Å². The Balaban J connectivity index is 2.48. The average Bonchev–Trinajstić information content (AvgIpc) is 2.89. The van der Waals surface area contributed by atoms with Crippen LogP contribution < -0.4 is 0 Å². The van der Waals surface area contributed by atoms with Gasteiger partial charge in [0.1, 0.15) is 6.33 Å². The first-order valence-corrected chi connectivity index (χ1v) is 6.18. The van der Waals surface area contributed by atoms with E-state index in [-0.39, 0.29) is 11.5 Å². The number of hydrogen-bond donors (Lipinski definition) is 0. The molecular weight excluding hydrogens is 332 g/mol. The Kier molecular flexibility index (Phi) is 3.79. The van der Waals surface area contributed by atoms with Gasteiger partial charge in [-0.1, -0.05) is 0 Å². The van der Waals surface area contributed by atoms with Crippen LogP contribution in [0, 0.1) is 17.0 Å². The minimum Gasteiger partial charge on any atom is -0.463 e. The molecule has 0 unspecified atom stereocenters. The van der Waals surface area contributed by atoms with Crippen molar-refractivity contribution < 1.29 is 14.5 Å². The fourth-order valence-corrected chi connectivity index (χ4v) is 2.10. The molecule has 0 saturated carbocycles. The first-order chi connectivity index (χ1) is 9.43. The quantitative estimate of drug-likeness (QED) is 0.481. The molecule has 0 atom stereocenters. The Labute approximate surface area is 121 Å². The molecule has 2 rings (SSSR count). The summed E-state index contributed by atoms with van der Waals surface area (Å²) in [7, 11) is 1.23. The fourth-order valence-electron chi connectivity index (χ4n) is 1.59. The van der Waals surface area contributed by atoms with E-state index in [0.717, 1.165) is 0 Å². The molecule has 9 heteroatoms. The third-order valence-electron chi connectivity index (χ3n) is 2.57. The van der Waals surface area contributed by atoms with Crippen molar-refractivity contribution in [3.8, 4) is 5.69 Å². The molecule has 8 nitrogen and oxygen atoms in total. The van der Waals surface area contributed by atoms with Gasteiger partial charge in [0.25, 0.3) is 11.5 Å². The molecule has 0 aliphatic heterocycles. The van der Waals surface area contributed by atoms with E-state index in [0.29, 0.717) is 15.7 Å². The smallest absolute Gasteiger partial charge is 0.377 e. The largest absolute Gasteiger partial charge is 0.463 e. The molecule has 0 spiro atoms. The predicted octanol–water partition coefficient (Wildman–Crippen LogP) is 2.03. The van der Waals surface area contributed by atoms with Gasteiger partial charge in [0.05, 0.1) is 22.2 Å². The number of ether oxygens (including phenoxy) is 1. The number of carbonyl (C=O) groups is 1. The zero-order chi connectivity index (χ0) is 14.9. The minimum absolute atomic E-state index is 0.00562. The Morgan fingerprint density at radius 1 is 1.50 bits per heavy atom. The number of benzene rings is 1. The number of aryl methyl sites for hydroxylation is 1. The van der Waals surface area contributed by atoms with Gasteiger partial charge in [-0.15, -0.1) is 5.10 Å². The Morgan fingerprint density at radius 3 is 2.80 bits per heavy atom. The van der Waals surface area contributed by atoms with Gasteiger partial charge < -0.3 is 4.74 Å². The average molecular weight is 341 g/mol. The molecule has 0 aliphatic carbocycles. The second-order valence-electron chi connectivity index (χ2n) is 3.85. The van der Waals surface area contributed by atoms with E-state index < -0.39 is 10.9 Å². The highest BCUT2D eigenvalue weighted by atomic mass is 79.9. The van der Waals surface area contributed by atoms with Crippen LogP contribution in [0.25, 0.3) is 5.69 Å². The summed E-state index contributed by atoms with van der Waals surface area (Å²) >= 11 is 3.24. The molecule has 20 heavy (non-hydrogen) atoms. The van der Waals surface area contributed by atoms with Crippen LogP contribution in [0.3, 0.4) is 0 Å². The number of aromatic nitrogens is 3. The first-order valence-electron chi connectivity index (χ1n) is 5.39. The predicted molar refractivity (Wildman–Crippen MR) is 71.8 cm³/mol. The van der Waals surface area contributed by atoms with Crippen LogP contribution in [0.2, 0.25) is 0 Å². The normalized spacial score (nSPS) is 10.3. The van der Waals surface area contributed by atoms with Crippen molar-refractivity contribution >= 4 is 27.6 Å². The Hall–Kier alpha value is -2.29. The zero-order valence-electron chi connectivity index (χ0n) is 10.5. The lowest BCUT2D eigenvalue weighted by Gasteiger charge is -2.05. The van der Waals surface area contributed by atoms with E-state index in [1.54, 1.807) is 13.0 Å². The van der Waals surface area contributed by atoms with E-state index in [4.69, 9.17) is 0 Å². The van der Waals surface area contributed by atoms with Gasteiger partial charge in [0, 0.05) is 11.6 Å². The molecule has 0 aliphatic rings. The molecule has 104 valence electrons. The molecule has 0 amide bonds. The molecule has 0 bridgehead atoms. The van der Waals surface area contributed by atoms with Gasteiger partial charge in [0.15, 0.2) is 0 Å². The van der Waals surface area contributed by atoms with Crippen molar-refractivity contribution in [1.82, 2.24) is 14.8 Å². The van der Waals surface area contributed by atoms with Gasteiger partial charge in [-0.2, -0.15) is 0 Å². The topological polar surface area (TPSA) is 100 Å². The van der Waals surface area contributed by atoms with Crippen LogP contribution in [0.5, 0.6) is 0 Å². The third-order valence-corrected chi connectivity index (χ3v) is 3.20. The maximum atomic E-state index is 11.3. The van der Waals surface area contributed by atoms with Gasteiger partial charge in [-0.05, 0) is 28.9 Å². The highest BCUT2D eigenvalue weighted by Gasteiger charge is 2.17. The summed E-state index contributed by atoms with van der Waals surface area (Å²) in [6.07, 6.45) is 1.33. The molecule has 0 radical (unpaired) electrons. The lowest BCUT2D eigenvalue weighted by Crippen LogP contribution is -2.05. The monoisotopic (exact) mass is 340 g/mol. The number of nitrogens with zero attached hydrogens (tertiary/aromatic N) is 4. The molecule has 1 aromatic heterocycles. The fraction of sp³-hybridized carbons (Fsp3) is 0.182. The highest BCUT2D eigenvalue weighted by molar-refractivity contribution is 9.10. The third kappa shape index (κ3) is 2.52. The van der Waals surface area contributed by atoms with Crippen LogP contribution in [0.4, 0.5) is 5.69 Å². The van der Waals surface area contributed by atoms with E-state index in [9.17, 15) is 14.9 Å². The summed E-state index contributed by atoms with van der Waals surface area (Å²) in [6.45, 7) is 1.62. The second kappa shape index (κ2) is 5.37. The summed E-state index contributed by atoms with van der Waals surface area (Å²) in [5.74, 6) is -0.742. The summed E-state index contributed by atoms with van der Waals surface area (Å²) < 4.78 is 6.32. The lowest BCUT2D eigenvalue weighted by molar-refractivity contribution is -0.385. The minimum atomic E-state index is -0.654. The molecular formula is C11H9BrN4O4. The molecule has 2 aromatic rings. The standard InChI is InChI=1S/C11H9BrN4O4/c1-6-3-9(7(12)4-8(6)16(18)19)15-5-13-10(14-15)11(17)20-2/h3-5H,1-2H3. The number of hydrogen-bond acceptors (Lipinski definition) is 6. The van der Waals surface area contributed by atoms with Gasteiger partial charge >= 0.3 is 5.97 Å². The van der Waals surface area contributed by atoms with E-state index >= 15 is 0 Å². The van der Waals surface area contributed by atoms with Crippen molar-refractivity contribution in [2.75, 3.05) is 7.11 Å². The van der Waals surface area contributed by atoms with Crippen LogP contribution in [-0.2, 0) is 4.74 Å². The number of halogens is 1. The molecule has 0 fully saturated rings. The van der Waals surface area contributed by atoms with Crippen molar-refractivity contribution in [2.45, 2.75) is 6.92 Å². The van der Waals surface area contributed by atoms with E-state index in [1.807, 2.05) is 0 Å². The van der Waals surface area contributed by atoms with Crippen molar-refractivity contribution in [2.24, 2.45) is 0 Å². The number of esters is 1. The van der Waals surface area contributed by atoms with Crippen LogP contribution in [0.1, 0.15) is 16.2 Å². The highest BCUT2D eigenvalue weighted by Crippen LogP contribution is 2.29. The van der Waals surface area contributed by atoms with Gasteiger partial charge in [0.2, 0.25) is 0 Å². The van der Waals surface area contributed by atoms with E-state index in [2.05, 4.69) is 30.7 Å². The second-order valence-corrected chi connectivity index (χ2v) is 4.71. The Morgan fingerprint density at radius 2 is 2.20 bits per heavy atom. The van der Waals surface area contributed by atoms with Gasteiger partial charge in [-0.3, -0.25) is 10.1 Å². The maximum Gasteiger partial charge on any atom is 0.377 e. The first kappa shape index (κ1) is 14.1. The summed E-state index contributed by atoms with van der Waals surface area (Å²) in [4.78, 5) is 25.5. The van der Waals surface area contributed by atoms with Crippen molar-refractivity contribution in [3.05, 3.63) is 44.4 Å². The molecule has 1 heterocycles. The number of methoxy groups -OCH3 is 1. The number of carbonyl (C=O) groups excluding carboxylic acids is 1. The molecule has 0 N–H and O–H groups in total. The molecule has 1 aromatic carbocycles.